The molecule has 2 aliphatic rings. The normalized spacial score (nSPS) is 23.9. The van der Waals surface area contributed by atoms with Crippen molar-refractivity contribution in [3.05, 3.63) is 22.8 Å². The van der Waals surface area contributed by atoms with E-state index in [1.807, 2.05) is 0 Å². The number of rotatable bonds is 4. The number of fused-ring (bicyclic) bond motifs is 5. The molecule has 2 atom stereocenters. The van der Waals surface area contributed by atoms with E-state index in [1.165, 1.54) is 36.0 Å². The average Bonchev–Trinajstić information content (AvgIpc) is 2.97. The van der Waals surface area contributed by atoms with Crippen molar-refractivity contribution in [2.45, 2.75) is 56.9 Å². The van der Waals surface area contributed by atoms with Crippen LogP contribution in [0, 0.1) is 0 Å². The first-order valence-electron chi connectivity index (χ1n) is 7.51. The first kappa shape index (κ1) is 13.7. The molecule has 110 valence electrons. The molecule has 0 saturated heterocycles. The first-order chi connectivity index (χ1) is 9.44. The molecule has 0 heterocycles. The molecule has 0 amide bonds. The van der Waals surface area contributed by atoms with Crippen LogP contribution in [0.5, 0.6) is 11.5 Å². The van der Waals surface area contributed by atoms with E-state index in [2.05, 4.69) is 19.9 Å². The minimum absolute atomic E-state index is 0.246. The minimum atomic E-state index is -0.246. The summed E-state index contributed by atoms with van der Waals surface area (Å²) in [5.41, 5.74) is 9.95. The fourth-order valence-electron chi connectivity index (χ4n) is 4.09. The van der Waals surface area contributed by atoms with Crippen molar-refractivity contribution in [3.63, 3.8) is 0 Å². The van der Waals surface area contributed by atoms with Gasteiger partial charge >= 0.3 is 0 Å². The van der Waals surface area contributed by atoms with Gasteiger partial charge in [0.05, 0.1) is 14.2 Å². The van der Waals surface area contributed by atoms with E-state index >= 15 is 0 Å². The Morgan fingerprint density at radius 2 is 1.80 bits per heavy atom. The van der Waals surface area contributed by atoms with Crippen molar-refractivity contribution < 1.29 is 9.47 Å². The molecule has 1 fully saturated rings. The van der Waals surface area contributed by atoms with Crippen molar-refractivity contribution in [2.75, 3.05) is 14.2 Å². The van der Waals surface area contributed by atoms with Gasteiger partial charge in [0, 0.05) is 16.7 Å². The molecule has 1 aromatic rings. The largest absolute Gasteiger partial charge is 0.496 e. The fraction of sp³-hybridized carbons (Fsp3) is 0.647. The Kier molecular flexibility index (Phi) is 3.20. The molecule has 1 aromatic carbocycles. The zero-order chi connectivity index (χ0) is 14.5. The maximum atomic E-state index is 6.21. The van der Waals surface area contributed by atoms with E-state index in [1.54, 1.807) is 14.2 Å². The fourth-order valence-corrected chi connectivity index (χ4v) is 4.09. The molecule has 2 aliphatic carbocycles. The zero-order valence-corrected chi connectivity index (χ0v) is 13.0. The van der Waals surface area contributed by atoms with Gasteiger partial charge in [0.15, 0.2) is 0 Å². The van der Waals surface area contributed by atoms with E-state index in [-0.39, 0.29) is 5.54 Å². The molecular weight excluding hydrogens is 250 g/mol. The van der Waals surface area contributed by atoms with E-state index < -0.39 is 0 Å². The number of benzene rings is 1. The molecule has 3 heteroatoms. The summed E-state index contributed by atoms with van der Waals surface area (Å²) in [5, 5.41) is 0. The van der Waals surface area contributed by atoms with Crippen LogP contribution < -0.4 is 15.2 Å². The van der Waals surface area contributed by atoms with Gasteiger partial charge in [0.1, 0.15) is 11.5 Å². The second kappa shape index (κ2) is 4.66. The third-order valence-corrected chi connectivity index (χ3v) is 4.72. The molecule has 3 rings (SSSR count). The number of ether oxygens (including phenoxy) is 2. The lowest BCUT2D eigenvalue weighted by molar-refractivity contribution is 0.381. The summed E-state index contributed by atoms with van der Waals surface area (Å²) in [4.78, 5) is 0. The lowest BCUT2D eigenvalue weighted by atomic mass is 9.85. The Morgan fingerprint density at radius 1 is 1.15 bits per heavy atom. The predicted octanol–water partition coefficient (Wildman–Crippen LogP) is 3.35. The predicted molar refractivity (Wildman–Crippen MR) is 80.8 cm³/mol. The summed E-state index contributed by atoms with van der Waals surface area (Å²) < 4.78 is 11.4. The molecule has 0 aromatic heterocycles. The molecule has 2 N–H and O–H groups in total. The number of hydrogen-bond donors (Lipinski definition) is 1. The maximum Gasteiger partial charge on any atom is 0.126 e. The Hall–Kier alpha value is -1.22. The monoisotopic (exact) mass is 275 g/mol. The highest BCUT2D eigenvalue weighted by atomic mass is 16.5. The highest BCUT2D eigenvalue weighted by Gasteiger charge is 2.42. The second-order valence-corrected chi connectivity index (χ2v) is 6.97. The molecule has 0 spiro atoms. The standard InChI is InChI=1S/C17H25NO2/c1-17(2,18)9-12-8-13(19-3)14-10-5-6-11(7-10)15(14)16(12)20-4/h8,10-11H,5-7,9,18H2,1-4H3. The van der Waals surface area contributed by atoms with Gasteiger partial charge in [-0.3, -0.25) is 0 Å². The summed E-state index contributed by atoms with van der Waals surface area (Å²) in [7, 11) is 3.55. The summed E-state index contributed by atoms with van der Waals surface area (Å²) in [5.74, 6) is 3.41. The minimum Gasteiger partial charge on any atom is -0.496 e. The Labute approximate surface area is 121 Å². The van der Waals surface area contributed by atoms with Crippen molar-refractivity contribution in [2.24, 2.45) is 5.73 Å². The van der Waals surface area contributed by atoms with Gasteiger partial charge in [0.25, 0.3) is 0 Å². The van der Waals surface area contributed by atoms with Gasteiger partial charge in [-0.2, -0.15) is 0 Å². The SMILES string of the molecule is COc1cc(CC(C)(C)N)c(OC)c2c1C1CCC2C1. The van der Waals surface area contributed by atoms with E-state index in [0.717, 1.165) is 17.9 Å². The van der Waals surface area contributed by atoms with Gasteiger partial charge in [-0.1, -0.05) is 0 Å². The number of nitrogens with two attached hydrogens (primary N) is 1. The highest BCUT2D eigenvalue weighted by molar-refractivity contribution is 5.60. The van der Waals surface area contributed by atoms with Crippen molar-refractivity contribution in [3.8, 4) is 11.5 Å². The van der Waals surface area contributed by atoms with Crippen LogP contribution in [-0.2, 0) is 6.42 Å². The highest BCUT2D eigenvalue weighted by Crippen LogP contribution is 2.59. The first-order valence-corrected chi connectivity index (χ1v) is 7.51. The van der Waals surface area contributed by atoms with Gasteiger partial charge in [0.2, 0.25) is 0 Å². The molecule has 2 bridgehead atoms. The van der Waals surface area contributed by atoms with Crippen LogP contribution in [0.1, 0.15) is 61.6 Å². The van der Waals surface area contributed by atoms with Crippen LogP contribution in [0.25, 0.3) is 0 Å². The lowest BCUT2D eigenvalue weighted by Gasteiger charge is -2.26. The summed E-state index contributed by atoms with van der Waals surface area (Å²) in [6.07, 6.45) is 4.64. The number of hydrogen-bond acceptors (Lipinski definition) is 3. The Morgan fingerprint density at radius 3 is 2.35 bits per heavy atom. The third kappa shape index (κ3) is 2.08. The van der Waals surface area contributed by atoms with Crippen LogP contribution in [-0.4, -0.2) is 19.8 Å². The molecular formula is C17H25NO2. The van der Waals surface area contributed by atoms with Gasteiger partial charge < -0.3 is 15.2 Å². The number of methoxy groups -OCH3 is 2. The van der Waals surface area contributed by atoms with Crippen LogP contribution >= 0.6 is 0 Å². The molecule has 0 radical (unpaired) electrons. The van der Waals surface area contributed by atoms with Gasteiger partial charge in [-0.25, -0.2) is 0 Å². The smallest absolute Gasteiger partial charge is 0.126 e. The molecule has 3 nitrogen and oxygen atoms in total. The summed E-state index contributed by atoms with van der Waals surface area (Å²) >= 11 is 0. The maximum absolute atomic E-state index is 6.21. The third-order valence-electron chi connectivity index (χ3n) is 4.72. The second-order valence-electron chi connectivity index (χ2n) is 6.97. The topological polar surface area (TPSA) is 44.5 Å². The summed E-state index contributed by atoms with van der Waals surface area (Å²) in [6.45, 7) is 4.11. The lowest BCUT2D eigenvalue weighted by Crippen LogP contribution is -2.34. The molecule has 1 saturated carbocycles. The molecule has 0 aliphatic heterocycles. The van der Waals surface area contributed by atoms with Crippen molar-refractivity contribution in [1.82, 2.24) is 0 Å². The van der Waals surface area contributed by atoms with Crippen molar-refractivity contribution >= 4 is 0 Å². The van der Waals surface area contributed by atoms with Crippen LogP contribution in [0.15, 0.2) is 6.07 Å². The van der Waals surface area contributed by atoms with Crippen LogP contribution in [0.4, 0.5) is 0 Å². The van der Waals surface area contributed by atoms with E-state index in [0.29, 0.717) is 11.8 Å². The Balaban J connectivity index is 2.15. The molecule has 20 heavy (non-hydrogen) atoms. The van der Waals surface area contributed by atoms with Crippen LogP contribution in [0.2, 0.25) is 0 Å². The summed E-state index contributed by atoms with van der Waals surface area (Å²) in [6, 6.07) is 2.15. The van der Waals surface area contributed by atoms with Crippen LogP contribution in [0.3, 0.4) is 0 Å². The van der Waals surface area contributed by atoms with E-state index in [9.17, 15) is 0 Å². The van der Waals surface area contributed by atoms with Gasteiger partial charge in [-0.05, 0) is 63.0 Å². The molecule has 2 unspecified atom stereocenters. The quantitative estimate of drug-likeness (QED) is 0.916. The van der Waals surface area contributed by atoms with Gasteiger partial charge in [-0.15, -0.1) is 0 Å². The Bertz CT molecular complexity index is 531. The van der Waals surface area contributed by atoms with Crippen molar-refractivity contribution in [1.29, 1.82) is 0 Å². The van der Waals surface area contributed by atoms with E-state index in [4.69, 9.17) is 15.2 Å². The average molecular weight is 275 g/mol. The zero-order valence-electron chi connectivity index (χ0n) is 13.0.